The molecule has 0 amide bonds. The summed E-state index contributed by atoms with van der Waals surface area (Å²) in [6, 6.07) is 0. The van der Waals surface area contributed by atoms with Crippen LogP contribution in [0.2, 0.25) is 0 Å². The van der Waals surface area contributed by atoms with Crippen LogP contribution in [-0.2, 0) is 0 Å². The minimum absolute atomic E-state index is 0.552. The zero-order valence-corrected chi connectivity index (χ0v) is 20.6. The van der Waals surface area contributed by atoms with Crippen molar-refractivity contribution in [3.05, 3.63) is 11.6 Å². The Morgan fingerprint density at radius 2 is 1.76 bits per heavy atom. The van der Waals surface area contributed by atoms with Crippen LogP contribution in [0.15, 0.2) is 11.6 Å². The van der Waals surface area contributed by atoms with Crippen molar-refractivity contribution in [2.24, 2.45) is 52.3 Å². The Kier molecular flexibility index (Phi) is 6.32. The highest BCUT2D eigenvalue weighted by molar-refractivity contribution is 5.25. The molecule has 0 aromatic heterocycles. The lowest BCUT2D eigenvalue weighted by atomic mass is 9.46. The van der Waals surface area contributed by atoms with Crippen LogP contribution in [0, 0.1) is 52.3 Å². The van der Waals surface area contributed by atoms with Gasteiger partial charge in [0.05, 0.1) is 0 Å². The van der Waals surface area contributed by atoms with E-state index in [1.54, 1.807) is 0 Å². The quantitative estimate of drug-likeness (QED) is 0.391. The summed E-state index contributed by atoms with van der Waals surface area (Å²) in [7, 11) is 0. The molecule has 0 spiro atoms. The van der Waals surface area contributed by atoms with E-state index in [0.717, 1.165) is 41.4 Å². The molecule has 0 aromatic rings. The molecule has 0 bridgehead atoms. The third kappa shape index (κ3) is 3.78. The van der Waals surface area contributed by atoms with Gasteiger partial charge in [0.2, 0.25) is 0 Å². The lowest BCUT2D eigenvalue weighted by Crippen LogP contribution is -2.50. The number of rotatable bonds is 6. The van der Waals surface area contributed by atoms with Gasteiger partial charge >= 0.3 is 0 Å². The van der Waals surface area contributed by atoms with Crippen molar-refractivity contribution in [1.82, 2.24) is 0 Å². The van der Waals surface area contributed by atoms with Crippen molar-refractivity contribution in [1.29, 1.82) is 0 Å². The molecule has 0 saturated heterocycles. The van der Waals surface area contributed by atoms with Crippen molar-refractivity contribution >= 4 is 0 Å². The Morgan fingerprint density at radius 1 is 0.966 bits per heavy atom. The molecule has 0 N–H and O–H groups in total. The van der Waals surface area contributed by atoms with E-state index >= 15 is 0 Å². The maximum atomic E-state index is 2.77. The predicted octanol–water partition coefficient (Wildman–Crippen LogP) is 9.05. The summed E-state index contributed by atoms with van der Waals surface area (Å²) in [4.78, 5) is 0. The van der Waals surface area contributed by atoms with Crippen molar-refractivity contribution in [2.75, 3.05) is 0 Å². The molecule has 0 aliphatic heterocycles. The van der Waals surface area contributed by atoms with E-state index in [2.05, 4.69) is 47.6 Å². The van der Waals surface area contributed by atoms with E-state index in [0.29, 0.717) is 10.8 Å². The van der Waals surface area contributed by atoms with Crippen LogP contribution < -0.4 is 0 Å². The highest BCUT2D eigenvalue weighted by Crippen LogP contribution is 2.67. The van der Waals surface area contributed by atoms with Gasteiger partial charge in [0, 0.05) is 0 Å². The smallest absolute Gasteiger partial charge is 0.00851 e. The van der Waals surface area contributed by atoms with Gasteiger partial charge in [-0.15, -0.1) is 0 Å². The Balaban J connectivity index is 1.48. The maximum Gasteiger partial charge on any atom is -0.00851 e. The zero-order chi connectivity index (χ0) is 20.8. The molecule has 0 heteroatoms. The Hall–Kier alpha value is -0.260. The second kappa shape index (κ2) is 8.35. The molecule has 4 aliphatic rings. The second-order valence-electron chi connectivity index (χ2n) is 12.8. The summed E-state index contributed by atoms with van der Waals surface area (Å²) in [5.41, 5.74) is 3.08. The molecule has 3 saturated carbocycles. The van der Waals surface area contributed by atoms with Crippen LogP contribution >= 0.6 is 0 Å². The average molecular weight is 399 g/mol. The Bertz CT molecular complexity index is 599. The number of hydrogen-bond acceptors (Lipinski definition) is 0. The highest BCUT2D eigenvalue weighted by Gasteiger charge is 2.58. The number of fused-ring (bicyclic) bond motifs is 5. The summed E-state index contributed by atoms with van der Waals surface area (Å²) in [6.07, 6.45) is 20.4. The van der Waals surface area contributed by atoms with E-state index in [-0.39, 0.29) is 0 Å². The first kappa shape index (κ1) is 22.0. The molecule has 29 heavy (non-hydrogen) atoms. The molecular formula is C29H50. The average Bonchev–Trinajstić information content (AvgIpc) is 3.04. The van der Waals surface area contributed by atoms with E-state index in [1.165, 1.54) is 77.0 Å². The molecule has 0 aromatic carbocycles. The monoisotopic (exact) mass is 398 g/mol. The summed E-state index contributed by atoms with van der Waals surface area (Å²) in [5.74, 6) is 6.78. The van der Waals surface area contributed by atoms with Gasteiger partial charge in [-0.05, 0) is 104 Å². The molecule has 4 unspecified atom stereocenters. The van der Waals surface area contributed by atoms with Gasteiger partial charge in [0.25, 0.3) is 0 Å². The third-order valence-corrected chi connectivity index (χ3v) is 11.0. The molecule has 166 valence electrons. The molecule has 3 fully saturated rings. The van der Waals surface area contributed by atoms with Crippen LogP contribution in [0.1, 0.15) is 119 Å². The standard InChI is InChI=1S/C29H50/c1-7-22-15-17-28(5)23(19-22)11-12-24-26-14-13-25(21(4)10-8-9-20(2)3)29(26,6)18-16-27(24)28/h11,20-22,24-27H,7-10,12-19H2,1-6H3/t21-,22+,24+,25?,26+,27?,28?,29?/m1/s1. The van der Waals surface area contributed by atoms with Crippen molar-refractivity contribution < 1.29 is 0 Å². The minimum Gasteiger partial charge on any atom is -0.0845 e. The predicted molar refractivity (Wildman–Crippen MR) is 127 cm³/mol. The number of hydrogen-bond donors (Lipinski definition) is 0. The lowest BCUT2D eigenvalue weighted by molar-refractivity contribution is -0.0528. The summed E-state index contributed by atoms with van der Waals surface area (Å²) in [5, 5.41) is 0. The maximum absolute atomic E-state index is 2.77. The fraction of sp³-hybridized carbons (Fsp3) is 0.931. The van der Waals surface area contributed by atoms with Crippen LogP contribution in [0.5, 0.6) is 0 Å². The van der Waals surface area contributed by atoms with Crippen LogP contribution in [0.25, 0.3) is 0 Å². The van der Waals surface area contributed by atoms with Gasteiger partial charge in [-0.1, -0.05) is 78.9 Å². The Morgan fingerprint density at radius 3 is 2.48 bits per heavy atom. The van der Waals surface area contributed by atoms with Gasteiger partial charge < -0.3 is 0 Å². The molecule has 0 radical (unpaired) electrons. The fourth-order valence-corrected chi connectivity index (χ4v) is 9.11. The Labute approximate surface area is 182 Å². The van der Waals surface area contributed by atoms with Gasteiger partial charge in [0.1, 0.15) is 0 Å². The van der Waals surface area contributed by atoms with Gasteiger partial charge in [-0.3, -0.25) is 0 Å². The number of allylic oxidation sites excluding steroid dienone is 2. The molecule has 8 atom stereocenters. The highest BCUT2D eigenvalue weighted by atomic mass is 14.6. The topological polar surface area (TPSA) is 0 Å². The first-order chi connectivity index (χ1) is 13.8. The van der Waals surface area contributed by atoms with Gasteiger partial charge in [-0.2, -0.15) is 0 Å². The normalized spacial score (nSPS) is 45.3. The van der Waals surface area contributed by atoms with Crippen molar-refractivity contribution in [3.8, 4) is 0 Å². The minimum atomic E-state index is 0.552. The largest absolute Gasteiger partial charge is 0.0845 e. The zero-order valence-electron chi connectivity index (χ0n) is 20.6. The third-order valence-electron chi connectivity index (χ3n) is 11.0. The van der Waals surface area contributed by atoms with Crippen LogP contribution in [0.3, 0.4) is 0 Å². The van der Waals surface area contributed by atoms with Crippen molar-refractivity contribution in [2.45, 2.75) is 119 Å². The molecule has 4 aliphatic carbocycles. The molecule has 0 nitrogen and oxygen atoms in total. The van der Waals surface area contributed by atoms with Crippen LogP contribution in [-0.4, -0.2) is 0 Å². The van der Waals surface area contributed by atoms with Crippen molar-refractivity contribution in [3.63, 3.8) is 0 Å². The molecular weight excluding hydrogens is 348 g/mol. The lowest BCUT2D eigenvalue weighted by Gasteiger charge is -2.58. The SMILES string of the molecule is CC[C@H]1CCC2(C)C(=CC[C@@H]3C2CCC2(C)C([C@H](C)CCCC(C)C)CC[C@@H]32)C1. The second-order valence-corrected chi connectivity index (χ2v) is 12.8. The van der Waals surface area contributed by atoms with E-state index < -0.39 is 0 Å². The van der Waals surface area contributed by atoms with Gasteiger partial charge in [0.15, 0.2) is 0 Å². The van der Waals surface area contributed by atoms with Gasteiger partial charge in [-0.25, -0.2) is 0 Å². The summed E-state index contributed by atoms with van der Waals surface area (Å²) >= 11 is 0. The van der Waals surface area contributed by atoms with E-state index in [9.17, 15) is 0 Å². The molecule has 0 heterocycles. The molecule has 4 rings (SSSR count). The van der Waals surface area contributed by atoms with E-state index in [1.807, 2.05) is 5.57 Å². The summed E-state index contributed by atoms with van der Waals surface area (Å²) < 4.78 is 0. The summed E-state index contributed by atoms with van der Waals surface area (Å²) in [6.45, 7) is 15.2. The first-order valence-electron chi connectivity index (χ1n) is 13.5. The van der Waals surface area contributed by atoms with E-state index in [4.69, 9.17) is 0 Å². The first-order valence-corrected chi connectivity index (χ1v) is 13.5. The fourth-order valence-electron chi connectivity index (χ4n) is 9.11. The van der Waals surface area contributed by atoms with Crippen LogP contribution in [0.4, 0.5) is 0 Å².